The molecule has 0 saturated heterocycles. The molecule has 0 radical (unpaired) electrons. The van der Waals surface area contributed by atoms with E-state index in [-0.39, 0.29) is 0 Å². The fourth-order valence-corrected chi connectivity index (χ4v) is 2.21. The highest BCUT2D eigenvalue weighted by Gasteiger charge is 2.07. The highest BCUT2D eigenvalue weighted by Crippen LogP contribution is 2.26. The average molecular weight is 166 g/mol. The van der Waals surface area contributed by atoms with Crippen molar-refractivity contribution in [2.75, 3.05) is 0 Å². The molecule has 0 unspecified atom stereocenters. The molecule has 0 fully saturated rings. The number of thiophene rings is 1. The van der Waals surface area contributed by atoms with Crippen LogP contribution < -0.4 is 0 Å². The predicted octanol–water partition coefficient (Wildman–Crippen LogP) is 2.25. The molecule has 58 valence electrons. The highest BCUT2D eigenvalue weighted by atomic mass is 32.1. The van der Waals surface area contributed by atoms with E-state index in [4.69, 9.17) is 0 Å². The van der Waals surface area contributed by atoms with Gasteiger partial charge in [0, 0.05) is 7.05 Å². The molecule has 0 aliphatic rings. The van der Waals surface area contributed by atoms with Crippen molar-refractivity contribution in [3.8, 4) is 0 Å². The molecule has 2 nitrogen and oxygen atoms in total. The molecule has 3 heteroatoms. The lowest BCUT2D eigenvalue weighted by molar-refractivity contribution is 0.750. The second-order valence-electron chi connectivity index (χ2n) is 2.81. The summed E-state index contributed by atoms with van der Waals surface area (Å²) in [5.74, 6) is 0. The van der Waals surface area contributed by atoms with Gasteiger partial charge in [-0.25, -0.2) is 0 Å². The average Bonchev–Trinajstić information content (AvgIpc) is 2.43. The summed E-state index contributed by atoms with van der Waals surface area (Å²) in [5, 5.41) is 6.56. The summed E-state index contributed by atoms with van der Waals surface area (Å²) in [6, 6.07) is 0. The Labute approximate surface area is 69.5 Å². The first-order valence-corrected chi connectivity index (χ1v) is 4.45. The van der Waals surface area contributed by atoms with Crippen molar-refractivity contribution in [2.45, 2.75) is 13.8 Å². The zero-order chi connectivity index (χ0) is 8.01. The smallest absolute Gasteiger partial charge is 0.106 e. The molecule has 0 aromatic carbocycles. The number of aryl methyl sites for hydroxylation is 3. The van der Waals surface area contributed by atoms with Gasteiger partial charge < -0.3 is 0 Å². The van der Waals surface area contributed by atoms with Gasteiger partial charge in [-0.3, -0.25) is 4.68 Å². The first-order chi connectivity index (χ1) is 5.20. The van der Waals surface area contributed by atoms with Gasteiger partial charge in [0.1, 0.15) is 5.52 Å². The van der Waals surface area contributed by atoms with Gasteiger partial charge in [0.2, 0.25) is 0 Å². The Morgan fingerprint density at radius 2 is 2.18 bits per heavy atom. The molecule has 0 saturated carbocycles. The van der Waals surface area contributed by atoms with E-state index >= 15 is 0 Å². The molecule has 0 atom stereocenters. The minimum Gasteiger partial charge on any atom is -0.271 e. The van der Waals surface area contributed by atoms with Crippen LogP contribution in [0.25, 0.3) is 10.2 Å². The molecule has 2 aromatic heterocycles. The van der Waals surface area contributed by atoms with Crippen LogP contribution in [0.4, 0.5) is 0 Å². The molecule has 0 N–H and O–H groups in total. The fourth-order valence-electron chi connectivity index (χ4n) is 1.19. The first-order valence-electron chi connectivity index (χ1n) is 3.57. The number of nitrogens with zero attached hydrogens (tertiary/aromatic N) is 2. The molecular weight excluding hydrogens is 156 g/mol. The van der Waals surface area contributed by atoms with Gasteiger partial charge >= 0.3 is 0 Å². The zero-order valence-electron chi connectivity index (χ0n) is 6.88. The van der Waals surface area contributed by atoms with Crippen molar-refractivity contribution < 1.29 is 0 Å². The molecule has 0 aliphatic heterocycles. The van der Waals surface area contributed by atoms with Crippen LogP contribution in [0, 0.1) is 13.8 Å². The Hall–Kier alpha value is -0.830. The molecule has 0 spiro atoms. The summed E-state index contributed by atoms with van der Waals surface area (Å²) in [6.07, 6.45) is 0. The van der Waals surface area contributed by atoms with Crippen molar-refractivity contribution in [1.82, 2.24) is 9.78 Å². The lowest BCUT2D eigenvalue weighted by Crippen LogP contribution is -1.91. The molecule has 2 heterocycles. The number of hydrogen-bond donors (Lipinski definition) is 0. The standard InChI is InChI=1S/C8H10N2S/c1-5-4-11-8-6(2)10(3)9-7(5)8/h4H,1-3H3. The molecule has 0 amide bonds. The molecule has 2 rings (SSSR count). The Balaban J connectivity index is 2.93. The Morgan fingerprint density at radius 1 is 1.45 bits per heavy atom. The van der Waals surface area contributed by atoms with Gasteiger partial charge in [-0.15, -0.1) is 11.3 Å². The van der Waals surface area contributed by atoms with Crippen LogP contribution in [-0.2, 0) is 7.05 Å². The van der Waals surface area contributed by atoms with Crippen LogP contribution >= 0.6 is 11.3 Å². The van der Waals surface area contributed by atoms with E-state index in [2.05, 4.69) is 24.3 Å². The Kier molecular flexibility index (Phi) is 1.29. The molecule has 0 aliphatic carbocycles. The maximum Gasteiger partial charge on any atom is 0.106 e. The van der Waals surface area contributed by atoms with Crippen molar-refractivity contribution in [1.29, 1.82) is 0 Å². The quantitative estimate of drug-likeness (QED) is 0.587. The second kappa shape index (κ2) is 2.08. The van der Waals surface area contributed by atoms with E-state index in [9.17, 15) is 0 Å². The SMILES string of the molecule is Cc1csc2c(C)n(C)nc12. The van der Waals surface area contributed by atoms with Crippen LogP contribution in [0.5, 0.6) is 0 Å². The minimum absolute atomic E-state index is 1.16. The first kappa shape index (κ1) is 6.85. The normalized spacial score (nSPS) is 11.2. The third-order valence-electron chi connectivity index (χ3n) is 2.01. The van der Waals surface area contributed by atoms with Crippen LogP contribution in [0.3, 0.4) is 0 Å². The van der Waals surface area contributed by atoms with Crippen molar-refractivity contribution in [3.63, 3.8) is 0 Å². The molecule has 11 heavy (non-hydrogen) atoms. The van der Waals surface area contributed by atoms with Gasteiger partial charge in [0.25, 0.3) is 0 Å². The van der Waals surface area contributed by atoms with Crippen LogP contribution in [0.1, 0.15) is 11.3 Å². The highest BCUT2D eigenvalue weighted by molar-refractivity contribution is 7.17. The van der Waals surface area contributed by atoms with Crippen LogP contribution in [0.15, 0.2) is 5.38 Å². The lowest BCUT2D eigenvalue weighted by Gasteiger charge is -1.89. The summed E-state index contributed by atoms with van der Waals surface area (Å²) in [5.41, 5.74) is 3.71. The molecule has 2 aromatic rings. The largest absolute Gasteiger partial charge is 0.271 e. The van der Waals surface area contributed by atoms with E-state index < -0.39 is 0 Å². The lowest BCUT2D eigenvalue weighted by atomic mass is 10.3. The van der Waals surface area contributed by atoms with Gasteiger partial charge in [-0.2, -0.15) is 5.10 Å². The van der Waals surface area contributed by atoms with Crippen LogP contribution in [-0.4, -0.2) is 9.78 Å². The zero-order valence-corrected chi connectivity index (χ0v) is 7.70. The number of rotatable bonds is 0. The molecular formula is C8H10N2S. The van der Waals surface area contributed by atoms with Crippen molar-refractivity contribution >= 4 is 21.6 Å². The third kappa shape index (κ3) is 0.807. The van der Waals surface area contributed by atoms with Gasteiger partial charge in [-0.1, -0.05) is 0 Å². The topological polar surface area (TPSA) is 17.8 Å². The summed E-state index contributed by atoms with van der Waals surface area (Å²) in [6.45, 7) is 4.20. The summed E-state index contributed by atoms with van der Waals surface area (Å²) in [4.78, 5) is 0. The maximum atomic E-state index is 4.40. The van der Waals surface area contributed by atoms with E-state index in [0.29, 0.717) is 0 Å². The summed E-state index contributed by atoms with van der Waals surface area (Å²) >= 11 is 1.78. The van der Waals surface area contributed by atoms with E-state index in [1.54, 1.807) is 11.3 Å². The van der Waals surface area contributed by atoms with E-state index in [0.717, 1.165) is 5.52 Å². The Morgan fingerprint density at radius 3 is 2.82 bits per heavy atom. The van der Waals surface area contributed by atoms with Crippen LogP contribution in [0.2, 0.25) is 0 Å². The number of fused-ring (bicyclic) bond motifs is 1. The number of aromatic nitrogens is 2. The molecule has 0 bridgehead atoms. The van der Waals surface area contributed by atoms with Gasteiger partial charge in [0.05, 0.1) is 10.4 Å². The monoisotopic (exact) mass is 166 g/mol. The maximum absolute atomic E-state index is 4.40. The van der Waals surface area contributed by atoms with Gasteiger partial charge in [-0.05, 0) is 24.8 Å². The predicted molar refractivity (Wildman–Crippen MR) is 48.1 cm³/mol. The Bertz CT molecular complexity index is 397. The van der Waals surface area contributed by atoms with Gasteiger partial charge in [0.15, 0.2) is 0 Å². The van der Waals surface area contributed by atoms with E-state index in [1.165, 1.54) is 16.0 Å². The second-order valence-corrected chi connectivity index (χ2v) is 3.69. The summed E-state index contributed by atoms with van der Waals surface area (Å²) in [7, 11) is 1.99. The fraction of sp³-hybridized carbons (Fsp3) is 0.375. The van der Waals surface area contributed by atoms with Crippen molar-refractivity contribution in [3.05, 3.63) is 16.6 Å². The number of hydrogen-bond acceptors (Lipinski definition) is 2. The van der Waals surface area contributed by atoms with Crippen molar-refractivity contribution in [2.24, 2.45) is 7.05 Å². The van der Waals surface area contributed by atoms with E-state index in [1.807, 2.05) is 11.7 Å². The minimum atomic E-state index is 1.16. The third-order valence-corrected chi connectivity index (χ3v) is 3.20. The summed E-state index contributed by atoms with van der Waals surface area (Å²) < 4.78 is 3.26.